The molecule has 0 bridgehead atoms. The lowest BCUT2D eigenvalue weighted by atomic mass is 10.1. The van der Waals surface area contributed by atoms with Crippen LogP contribution in [0.3, 0.4) is 0 Å². The molecule has 0 aliphatic rings. The largest absolute Gasteiger partial charge is 0.493 e. The molecule has 2 aromatic rings. The molecule has 0 saturated heterocycles. The van der Waals surface area contributed by atoms with Crippen molar-refractivity contribution < 1.29 is 19.0 Å². The van der Waals surface area contributed by atoms with Crippen molar-refractivity contribution in [3.8, 4) is 28.5 Å². The predicted octanol–water partition coefficient (Wildman–Crippen LogP) is 1.97. The number of aromatic nitrogens is 3. The van der Waals surface area contributed by atoms with Crippen LogP contribution in [0, 0.1) is 0 Å². The second kappa shape index (κ2) is 6.75. The number of benzene rings is 1. The van der Waals surface area contributed by atoms with Crippen LogP contribution in [0.2, 0.25) is 0 Å². The number of carbonyl (C=O) groups excluding carboxylic acids is 1. The van der Waals surface area contributed by atoms with Crippen molar-refractivity contribution in [2.45, 2.75) is 6.54 Å². The number of methoxy groups -OCH3 is 3. The summed E-state index contributed by atoms with van der Waals surface area (Å²) < 4.78 is 17.5. The summed E-state index contributed by atoms with van der Waals surface area (Å²) in [7, 11) is 4.59. The first-order valence-corrected chi connectivity index (χ1v) is 6.50. The first-order chi connectivity index (χ1) is 10.7. The summed E-state index contributed by atoms with van der Waals surface area (Å²) in [6, 6.07) is 3.49. The molecule has 0 aliphatic carbocycles. The Bertz CT molecular complexity index is 669. The van der Waals surface area contributed by atoms with Gasteiger partial charge in [0, 0.05) is 5.56 Å². The Morgan fingerprint density at radius 1 is 1.18 bits per heavy atom. The van der Waals surface area contributed by atoms with E-state index in [9.17, 15) is 4.79 Å². The van der Waals surface area contributed by atoms with Crippen LogP contribution in [-0.4, -0.2) is 42.6 Å². The predicted molar refractivity (Wildman–Crippen MR) is 80.7 cm³/mol. The topological polar surface area (TPSA) is 75.5 Å². The first-order valence-electron chi connectivity index (χ1n) is 6.50. The highest BCUT2D eigenvalue weighted by Crippen LogP contribution is 2.41. The standard InChI is InChI=1S/C15H17N3O4/c1-5-6-18-14(11(9-19)16-17-18)10-7-12(20-2)15(22-4)13(8-10)21-3/h5,7-9H,1,6H2,2-4H3. The van der Waals surface area contributed by atoms with E-state index in [0.717, 1.165) is 0 Å². The van der Waals surface area contributed by atoms with E-state index in [-0.39, 0.29) is 5.69 Å². The van der Waals surface area contributed by atoms with E-state index >= 15 is 0 Å². The van der Waals surface area contributed by atoms with Crippen LogP contribution in [0.1, 0.15) is 10.5 Å². The molecule has 0 N–H and O–H groups in total. The van der Waals surface area contributed by atoms with E-state index < -0.39 is 0 Å². The SMILES string of the molecule is C=CCn1nnc(C=O)c1-c1cc(OC)c(OC)c(OC)c1. The van der Waals surface area contributed by atoms with Crippen molar-refractivity contribution in [2.24, 2.45) is 0 Å². The number of hydrogen-bond acceptors (Lipinski definition) is 6. The molecule has 22 heavy (non-hydrogen) atoms. The second-order valence-electron chi connectivity index (χ2n) is 4.33. The Labute approximate surface area is 128 Å². The van der Waals surface area contributed by atoms with Gasteiger partial charge >= 0.3 is 0 Å². The van der Waals surface area contributed by atoms with Gasteiger partial charge in [-0.3, -0.25) is 4.79 Å². The molecule has 116 valence electrons. The fourth-order valence-corrected chi connectivity index (χ4v) is 2.17. The third kappa shape index (κ3) is 2.65. The van der Waals surface area contributed by atoms with Gasteiger partial charge < -0.3 is 14.2 Å². The molecule has 0 spiro atoms. The molecule has 7 heteroatoms. The van der Waals surface area contributed by atoms with Gasteiger partial charge in [0.05, 0.1) is 33.6 Å². The Kier molecular flexibility index (Phi) is 4.77. The van der Waals surface area contributed by atoms with Gasteiger partial charge in [-0.1, -0.05) is 11.3 Å². The van der Waals surface area contributed by atoms with E-state index in [1.165, 1.54) is 21.3 Å². The van der Waals surface area contributed by atoms with Crippen LogP contribution in [0.25, 0.3) is 11.3 Å². The number of ether oxygens (including phenoxy) is 3. The molecule has 1 aromatic carbocycles. The quantitative estimate of drug-likeness (QED) is 0.575. The lowest BCUT2D eigenvalue weighted by Crippen LogP contribution is -2.02. The van der Waals surface area contributed by atoms with Crippen molar-refractivity contribution in [1.29, 1.82) is 0 Å². The summed E-state index contributed by atoms with van der Waals surface area (Å²) in [6.45, 7) is 4.10. The highest BCUT2D eigenvalue weighted by atomic mass is 16.5. The maximum atomic E-state index is 11.2. The number of nitrogens with zero attached hydrogens (tertiary/aromatic N) is 3. The highest BCUT2D eigenvalue weighted by Gasteiger charge is 2.19. The van der Waals surface area contributed by atoms with E-state index in [0.29, 0.717) is 41.3 Å². The van der Waals surface area contributed by atoms with Crippen molar-refractivity contribution >= 4 is 6.29 Å². The van der Waals surface area contributed by atoms with E-state index in [1.807, 2.05) is 0 Å². The molecular formula is C15H17N3O4. The lowest BCUT2D eigenvalue weighted by Gasteiger charge is -2.14. The van der Waals surface area contributed by atoms with Gasteiger partial charge in [0.15, 0.2) is 23.5 Å². The van der Waals surface area contributed by atoms with Gasteiger partial charge in [0.1, 0.15) is 0 Å². The summed E-state index contributed by atoms with van der Waals surface area (Å²) in [6.07, 6.45) is 2.33. The maximum Gasteiger partial charge on any atom is 0.203 e. The van der Waals surface area contributed by atoms with Crippen molar-refractivity contribution in [3.05, 3.63) is 30.5 Å². The molecule has 0 unspecified atom stereocenters. The minimum absolute atomic E-state index is 0.233. The van der Waals surface area contributed by atoms with Gasteiger partial charge in [-0.05, 0) is 12.1 Å². The summed E-state index contributed by atoms with van der Waals surface area (Å²) in [5.74, 6) is 1.45. The second-order valence-corrected chi connectivity index (χ2v) is 4.33. The Hall–Kier alpha value is -2.83. The maximum absolute atomic E-state index is 11.2. The van der Waals surface area contributed by atoms with Gasteiger partial charge in [-0.2, -0.15) is 0 Å². The number of hydrogen-bond donors (Lipinski definition) is 0. The number of carbonyl (C=O) groups is 1. The molecule has 1 heterocycles. The third-order valence-electron chi connectivity index (χ3n) is 3.11. The Morgan fingerprint density at radius 2 is 1.82 bits per heavy atom. The lowest BCUT2D eigenvalue weighted by molar-refractivity contribution is 0.111. The summed E-state index contributed by atoms with van der Waals surface area (Å²) in [5.41, 5.74) is 1.48. The molecule has 0 aliphatic heterocycles. The highest BCUT2D eigenvalue weighted by molar-refractivity contribution is 5.84. The first kappa shape index (κ1) is 15.6. The van der Waals surface area contributed by atoms with Crippen molar-refractivity contribution in [2.75, 3.05) is 21.3 Å². The molecule has 0 atom stereocenters. The van der Waals surface area contributed by atoms with Gasteiger partial charge in [-0.25, -0.2) is 4.68 Å². The number of aldehydes is 1. The average Bonchev–Trinajstić information content (AvgIpc) is 2.96. The minimum Gasteiger partial charge on any atom is -0.493 e. The van der Waals surface area contributed by atoms with Crippen molar-refractivity contribution in [3.63, 3.8) is 0 Å². The van der Waals surface area contributed by atoms with E-state index in [2.05, 4.69) is 16.9 Å². The monoisotopic (exact) mass is 303 g/mol. The molecule has 0 radical (unpaired) electrons. The van der Waals surface area contributed by atoms with Crippen LogP contribution < -0.4 is 14.2 Å². The Morgan fingerprint density at radius 3 is 2.27 bits per heavy atom. The van der Waals surface area contributed by atoms with Crippen LogP contribution >= 0.6 is 0 Å². The number of allylic oxidation sites excluding steroid dienone is 1. The fraction of sp³-hybridized carbons (Fsp3) is 0.267. The van der Waals surface area contributed by atoms with Crippen LogP contribution in [0.4, 0.5) is 0 Å². The molecule has 0 fully saturated rings. The van der Waals surface area contributed by atoms with E-state index in [1.54, 1.807) is 22.9 Å². The smallest absolute Gasteiger partial charge is 0.203 e. The minimum atomic E-state index is 0.233. The molecule has 7 nitrogen and oxygen atoms in total. The zero-order valence-corrected chi connectivity index (χ0v) is 12.7. The van der Waals surface area contributed by atoms with Crippen LogP contribution in [-0.2, 0) is 6.54 Å². The van der Waals surface area contributed by atoms with Gasteiger partial charge in [0.2, 0.25) is 5.75 Å². The zero-order chi connectivity index (χ0) is 16.1. The number of rotatable bonds is 7. The molecule has 1 aromatic heterocycles. The average molecular weight is 303 g/mol. The zero-order valence-electron chi connectivity index (χ0n) is 12.7. The normalized spacial score (nSPS) is 10.1. The van der Waals surface area contributed by atoms with Gasteiger partial charge in [0.25, 0.3) is 0 Å². The van der Waals surface area contributed by atoms with E-state index in [4.69, 9.17) is 14.2 Å². The van der Waals surface area contributed by atoms with Crippen LogP contribution in [0.15, 0.2) is 24.8 Å². The Balaban J connectivity index is 2.69. The fourth-order valence-electron chi connectivity index (χ4n) is 2.17. The summed E-state index contributed by atoms with van der Waals surface area (Å²) in [4.78, 5) is 11.2. The van der Waals surface area contributed by atoms with Gasteiger partial charge in [-0.15, -0.1) is 11.7 Å². The summed E-state index contributed by atoms with van der Waals surface area (Å²) >= 11 is 0. The molecule has 0 saturated carbocycles. The molecule has 0 amide bonds. The molecular weight excluding hydrogens is 286 g/mol. The third-order valence-corrected chi connectivity index (χ3v) is 3.11. The van der Waals surface area contributed by atoms with Crippen molar-refractivity contribution in [1.82, 2.24) is 15.0 Å². The van der Waals surface area contributed by atoms with Crippen LogP contribution in [0.5, 0.6) is 17.2 Å². The summed E-state index contributed by atoms with van der Waals surface area (Å²) in [5, 5.41) is 7.83. The molecule has 2 rings (SSSR count).